The summed E-state index contributed by atoms with van der Waals surface area (Å²) in [6, 6.07) is 7.84. The lowest BCUT2D eigenvalue weighted by Crippen LogP contribution is -2.70. The first-order chi connectivity index (χ1) is 29.4. The van der Waals surface area contributed by atoms with Crippen LogP contribution >= 0.6 is 0 Å². The molecule has 6 aliphatic heterocycles. The molecule has 324 valence electrons. The number of rotatable bonds is 7. The Morgan fingerprint density at radius 3 is 2.59 bits per heavy atom. The van der Waals surface area contributed by atoms with Crippen LogP contribution in [0.5, 0.6) is 0 Å². The highest BCUT2D eigenvalue weighted by Crippen LogP contribution is 2.46. The Labute approximate surface area is 354 Å². The van der Waals surface area contributed by atoms with Crippen molar-refractivity contribution in [3.8, 4) is 22.5 Å². The highest BCUT2D eigenvalue weighted by Gasteiger charge is 2.55. The van der Waals surface area contributed by atoms with E-state index in [-0.39, 0.29) is 36.0 Å². The van der Waals surface area contributed by atoms with Gasteiger partial charge in [0.1, 0.15) is 36.2 Å². The number of esters is 1. The fourth-order valence-electron chi connectivity index (χ4n) is 9.88. The Kier molecular flexibility index (Phi) is 10.3. The quantitative estimate of drug-likeness (QED) is 0.255. The molecule has 10 rings (SSSR count). The summed E-state index contributed by atoms with van der Waals surface area (Å²) >= 11 is 0. The monoisotopic (exact) mass is 837 g/mol. The number of nitrogens with zero attached hydrogens (tertiary/aromatic N) is 5. The number of pyridine rings is 1. The molecule has 9 heterocycles. The van der Waals surface area contributed by atoms with E-state index in [0.717, 1.165) is 39.0 Å². The summed E-state index contributed by atoms with van der Waals surface area (Å²) in [6.07, 6.45) is 4.09. The molecule has 6 atom stereocenters. The Bertz CT molecular complexity index is 2340. The van der Waals surface area contributed by atoms with Gasteiger partial charge in [-0.05, 0) is 56.0 Å². The molecule has 0 aliphatic carbocycles. The van der Waals surface area contributed by atoms with Crippen LogP contribution in [-0.2, 0) is 44.5 Å². The van der Waals surface area contributed by atoms with Crippen LogP contribution in [0.15, 0.2) is 47.2 Å². The minimum absolute atomic E-state index is 0.00264. The average Bonchev–Trinajstić information content (AvgIpc) is 3.80. The molecule has 2 N–H and O–H groups in total. The van der Waals surface area contributed by atoms with Crippen LogP contribution in [0.3, 0.4) is 0 Å². The minimum atomic E-state index is -1.12. The fourth-order valence-corrected chi connectivity index (χ4v) is 9.88. The number of ether oxygens (including phenoxy) is 5. The Hall–Kier alpha value is -4.71. The molecule has 1 aromatic carbocycles. The molecule has 4 aromatic rings. The number of carbonyl (C=O) groups is 3. The van der Waals surface area contributed by atoms with Gasteiger partial charge in [0.05, 0.1) is 63.2 Å². The molecule has 0 saturated carbocycles. The first kappa shape index (κ1) is 40.4. The lowest BCUT2D eigenvalue weighted by Gasteiger charge is -2.57. The zero-order valence-electron chi connectivity index (χ0n) is 35.5. The van der Waals surface area contributed by atoms with E-state index in [1.54, 1.807) is 19.6 Å². The van der Waals surface area contributed by atoms with Crippen molar-refractivity contribution < 1.29 is 42.5 Å². The van der Waals surface area contributed by atoms with Gasteiger partial charge in [-0.15, -0.1) is 0 Å². The molecule has 6 bridgehead atoms. The third-order valence-electron chi connectivity index (χ3n) is 13.5. The van der Waals surface area contributed by atoms with E-state index < -0.39 is 41.5 Å². The number of fused-ring (bicyclic) bond motifs is 6. The van der Waals surface area contributed by atoms with Gasteiger partial charge in [-0.1, -0.05) is 26.8 Å². The van der Waals surface area contributed by atoms with E-state index in [0.29, 0.717) is 83.5 Å². The highest BCUT2D eigenvalue weighted by atomic mass is 16.5. The summed E-state index contributed by atoms with van der Waals surface area (Å²) in [5.74, 6) is -0.905. The Morgan fingerprint density at radius 2 is 1.90 bits per heavy atom. The molecule has 16 nitrogen and oxygen atoms in total. The molecule has 0 radical (unpaired) electrons. The topological polar surface area (TPSA) is 172 Å². The number of cyclic esters (lactones) is 1. The van der Waals surface area contributed by atoms with Crippen LogP contribution in [0.2, 0.25) is 0 Å². The predicted octanol–water partition coefficient (Wildman–Crippen LogP) is 4.15. The first-order valence-electron chi connectivity index (χ1n) is 21.6. The van der Waals surface area contributed by atoms with Gasteiger partial charge < -0.3 is 38.0 Å². The summed E-state index contributed by atoms with van der Waals surface area (Å²) in [5.41, 5.74) is 9.01. The van der Waals surface area contributed by atoms with E-state index in [1.165, 1.54) is 5.01 Å². The Balaban J connectivity index is 1.14. The third-order valence-corrected chi connectivity index (χ3v) is 13.5. The van der Waals surface area contributed by atoms with Crippen molar-refractivity contribution in [3.05, 3.63) is 59.9 Å². The Morgan fingerprint density at radius 1 is 1.08 bits per heavy atom. The van der Waals surface area contributed by atoms with E-state index in [1.807, 2.05) is 19.9 Å². The number of benzene rings is 1. The molecular weight excluding hydrogens is 783 g/mol. The number of amides is 2. The van der Waals surface area contributed by atoms with E-state index >= 15 is 0 Å². The second-order valence-corrected chi connectivity index (χ2v) is 18.8. The van der Waals surface area contributed by atoms with Gasteiger partial charge in [0.2, 0.25) is 11.8 Å². The number of oxazole rings is 1. The number of hydrogen-bond acceptors (Lipinski definition) is 13. The molecule has 3 aromatic heterocycles. The molecule has 1 spiro atoms. The lowest BCUT2D eigenvalue weighted by molar-refractivity contribution is -0.205. The molecule has 5 saturated heterocycles. The maximum atomic E-state index is 14.9. The summed E-state index contributed by atoms with van der Waals surface area (Å²) in [6.45, 7) is 12.8. The molecule has 16 heteroatoms. The van der Waals surface area contributed by atoms with Gasteiger partial charge in [-0.3, -0.25) is 29.3 Å². The number of aromatic nitrogens is 3. The van der Waals surface area contributed by atoms with E-state index in [4.69, 9.17) is 38.1 Å². The lowest BCUT2D eigenvalue weighted by atomic mass is 9.76. The van der Waals surface area contributed by atoms with Crippen LogP contribution in [0.4, 0.5) is 0 Å². The van der Waals surface area contributed by atoms with Crippen LogP contribution < -0.4 is 10.7 Å². The smallest absolute Gasteiger partial charge is 0.324 e. The van der Waals surface area contributed by atoms with Gasteiger partial charge in [-0.2, -0.15) is 0 Å². The van der Waals surface area contributed by atoms with Crippen molar-refractivity contribution in [1.29, 1.82) is 0 Å². The van der Waals surface area contributed by atoms with Crippen molar-refractivity contribution in [1.82, 2.24) is 35.2 Å². The number of likely N-dealkylation sites (tertiary alicyclic amines) is 1. The average molecular weight is 838 g/mol. The van der Waals surface area contributed by atoms with Crippen molar-refractivity contribution >= 4 is 28.7 Å². The van der Waals surface area contributed by atoms with Gasteiger partial charge >= 0.3 is 5.97 Å². The maximum Gasteiger partial charge on any atom is 0.324 e. The number of hydrazine groups is 1. The molecule has 2 amide bonds. The van der Waals surface area contributed by atoms with Crippen molar-refractivity contribution in [2.45, 2.75) is 83.3 Å². The second kappa shape index (κ2) is 15.6. The van der Waals surface area contributed by atoms with Crippen molar-refractivity contribution in [2.24, 2.45) is 16.7 Å². The zero-order valence-corrected chi connectivity index (χ0v) is 35.5. The number of carbonyl (C=O) groups excluding carboxylic acids is 3. The molecule has 5 fully saturated rings. The van der Waals surface area contributed by atoms with Crippen LogP contribution in [0.25, 0.3) is 33.4 Å². The normalized spacial score (nSPS) is 28.2. The summed E-state index contributed by atoms with van der Waals surface area (Å²) in [5, 5.41) is 5.56. The molecule has 0 unspecified atom stereocenters. The predicted molar refractivity (Wildman–Crippen MR) is 221 cm³/mol. The summed E-state index contributed by atoms with van der Waals surface area (Å²) in [4.78, 5) is 54.9. The van der Waals surface area contributed by atoms with Gasteiger partial charge in [-0.25, -0.2) is 10.4 Å². The van der Waals surface area contributed by atoms with E-state index in [2.05, 4.69) is 58.3 Å². The van der Waals surface area contributed by atoms with E-state index in [9.17, 15) is 14.4 Å². The van der Waals surface area contributed by atoms with Gasteiger partial charge in [0, 0.05) is 71.7 Å². The highest BCUT2D eigenvalue weighted by molar-refractivity contribution is 5.95. The zero-order chi connectivity index (χ0) is 42.2. The number of nitrogens with one attached hydrogen (secondary N) is 2. The molecular formula is C45H55N7O9. The number of methoxy groups -OCH3 is 1. The van der Waals surface area contributed by atoms with Crippen molar-refractivity contribution in [2.75, 3.05) is 66.4 Å². The van der Waals surface area contributed by atoms with Crippen LogP contribution in [-0.4, -0.2) is 127 Å². The summed E-state index contributed by atoms with van der Waals surface area (Å²) in [7, 11) is 1.69. The second-order valence-electron chi connectivity index (χ2n) is 18.8. The van der Waals surface area contributed by atoms with Gasteiger partial charge in [0.25, 0.3) is 5.91 Å². The van der Waals surface area contributed by atoms with Crippen LogP contribution in [0, 0.1) is 16.7 Å². The SMILES string of the molecule is CO[C@@H](C)c1ncccc1-c1c2c3cc(ccc3n1C1COC1)-c1coc(n1)[C@@H](N1CC3(COC3)C1)[C@H](NC(=O)[C@@H]1OC[C@@H]1C)C(=O)N1CCC[C@H](N1)C(=O)OCC(C)(C)C2. The van der Waals surface area contributed by atoms with Crippen molar-refractivity contribution in [3.63, 3.8) is 0 Å². The first-order valence-corrected chi connectivity index (χ1v) is 21.6. The molecule has 6 aliphatic rings. The molecule has 61 heavy (non-hydrogen) atoms. The number of hydrogen-bond donors (Lipinski definition) is 2. The third kappa shape index (κ3) is 7.14. The van der Waals surface area contributed by atoms with Crippen LogP contribution in [0.1, 0.15) is 75.9 Å². The standard InChI is InChI=1S/C45H55N7O9/c1-25-16-59-39(25)40(53)48-36-38(50-20-45(21-50)23-58-24-45)41-47-33(19-60-41)27-10-11-34-30(14-27)31(15-44(3,4)22-61-43(55)32-9-7-13-51(49-32)42(36)54)37(52(34)28-17-57-18-28)29-8-6-12-46-35(29)26(2)56-5/h6,8,10-12,14,19,25-26,28,32,36,38-39,49H,7,9,13,15-18,20-24H2,1-5H3,(H,48,53)/t25-,26-,32-,36-,38-,39+/m0/s1. The fraction of sp³-hybridized carbons (Fsp3) is 0.578. The largest absolute Gasteiger partial charge is 0.464 e. The van der Waals surface area contributed by atoms with Gasteiger partial charge in [0.15, 0.2) is 0 Å². The summed E-state index contributed by atoms with van der Waals surface area (Å²) < 4.78 is 37.9. The minimum Gasteiger partial charge on any atom is -0.464 e. The maximum absolute atomic E-state index is 14.9.